The van der Waals surface area contributed by atoms with Crippen molar-refractivity contribution < 1.29 is 18.4 Å². The Labute approximate surface area is 161 Å². The monoisotopic (exact) mass is 391 g/mol. The van der Waals surface area contributed by atoms with Crippen LogP contribution in [-0.2, 0) is 13.1 Å². The van der Waals surface area contributed by atoms with Gasteiger partial charge in [0.1, 0.15) is 0 Å². The molecule has 0 saturated carbocycles. The van der Waals surface area contributed by atoms with Crippen molar-refractivity contribution in [2.75, 3.05) is 5.32 Å². The predicted octanol–water partition coefficient (Wildman–Crippen LogP) is 3.13. The lowest BCUT2D eigenvalue weighted by atomic mass is 10.1. The third-order valence-electron chi connectivity index (χ3n) is 4.40. The van der Waals surface area contributed by atoms with E-state index in [9.17, 15) is 18.4 Å². The molecule has 1 aromatic heterocycles. The van der Waals surface area contributed by atoms with Crippen LogP contribution in [0.1, 0.15) is 43.7 Å². The van der Waals surface area contributed by atoms with E-state index in [-0.39, 0.29) is 24.2 Å². The van der Waals surface area contributed by atoms with Gasteiger partial charge in [-0.05, 0) is 39.8 Å². The van der Waals surface area contributed by atoms with Crippen molar-refractivity contribution in [1.29, 1.82) is 0 Å². The van der Waals surface area contributed by atoms with E-state index < -0.39 is 23.2 Å². The summed E-state index contributed by atoms with van der Waals surface area (Å²) in [6.07, 6.45) is 1.50. The van der Waals surface area contributed by atoms with Gasteiger partial charge in [-0.3, -0.25) is 9.48 Å². The molecule has 0 unspecified atom stereocenters. The summed E-state index contributed by atoms with van der Waals surface area (Å²) >= 11 is 0. The molecule has 0 saturated heterocycles. The van der Waals surface area contributed by atoms with E-state index in [1.54, 1.807) is 4.68 Å². The van der Waals surface area contributed by atoms with Gasteiger partial charge in [0.25, 0.3) is 5.91 Å². The fourth-order valence-electron chi connectivity index (χ4n) is 3.04. The molecule has 0 bridgehead atoms. The number of hydrogen-bond donors (Lipinski definition) is 2. The Morgan fingerprint density at radius 1 is 1.21 bits per heavy atom. The number of carbonyl (C=O) groups excluding carboxylic acids is 2. The molecule has 1 aliphatic rings. The highest BCUT2D eigenvalue weighted by Crippen LogP contribution is 2.22. The van der Waals surface area contributed by atoms with Gasteiger partial charge in [-0.15, -0.1) is 0 Å². The van der Waals surface area contributed by atoms with Gasteiger partial charge in [0, 0.05) is 17.3 Å². The van der Waals surface area contributed by atoms with Gasteiger partial charge in [-0.1, -0.05) is 0 Å². The summed E-state index contributed by atoms with van der Waals surface area (Å²) in [6.45, 7) is 8.08. The lowest BCUT2D eigenvalue weighted by Gasteiger charge is -2.34. The second-order valence-corrected chi connectivity index (χ2v) is 7.93. The van der Waals surface area contributed by atoms with Crippen LogP contribution < -0.4 is 10.6 Å². The topological polar surface area (TPSA) is 79.3 Å². The lowest BCUT2D eigenvalue weighted by Crippen LogP contribution is -2.47. The molecule has 2 aromatic rings. The third-order valence-corrected chi connectivity index (χ3v) is 4.40. The van der Waals surface area contributed by atoms with Crippen molar-refractivity contribution in [3.8, 4) is 0 Å². The molecule has 1 aliphatic heterocycles. The maximum absolute atomic E-state index is 13.4. The molecule has 2 heterocycles. The largest absolute Gasteiger partial charge is 0.347 e. The van der Waals surface area contributed by atoms with Crippen LogP contribution in [0.2, 0.25) is 0 Å². The zero-order valence-corrected chi connectivity index (χ0v) is 16.2. The van der Waals surface area contributed by atoms with Gasteiger partial charge in [0.05, 0.1) is 36.6 Å². The van der Waals surface area contributed by atoms with Gasteiger partial charge in [0.15, 0.2) is 11.6 Å². The summed E-state index contributed by atoms with van der Waals surface area (Å²) in [5, 5.41) is 9.72. The van der Waals surface area contributed by atoms with Crippen LogP contribution in [0.4, 0.5) is 19.3 Å². The van der Waals surface area contributed by atoms with Crippen LogP contribution in [0.15, 0.2) is 24.4 Å². The number of nitrogens with one attached hydrogen (secondary N) is 2. The quantitative estimate of drug-likeness (QED) is 0.826. The summed E-state index contributed by atoms with van der Waals surface area (Å²) < 4.78 is 28.2. The Kier molecular flexibility index (Phi) is 5.10. The predicted molar refractivity (Wildman–Crippen MR) is 99.8 cm³/mol. The number of hydrogen-bond acceptors (Lipinski definition) is 3. The fourth-order valence-corrected chi connectivity index (χ4v) is 3.04. The maximum atomic E-state index is 13.4. The molecule has 0 radical (unpaired) electrons. The average molecular weight is 391 g/mol. The van der Waals surface area contributed by atoms with E-state index >= 15 is 0 Å². The zero-order valence-electron chi connectivity index (χ0n) is 16.2. The van der Waals surface area contributed by atoms with Gasteiger partial charge >= 0.3 is 6.03 Å². The van der Waals surface area contributed by atoms with E-state index in [0.717, 1.165) is 12.1 Å². The molecule has 3 rings (SSSR count). The van der Waals surface area contributed by atoms with Crippen LogP contribution in [0.3, 0.4) is 0 Å². The number of nitrogens with zero attached hydrogens (tertiary/aromatic N) is 3. The minimum Gasteiger partial charge on any atom is -0.347 e. The normalized spacial score (nSPS) is 16.5. The smallest absolute Gasteiger partial charge is 0.322 e. The minimum absolute atomic E-state index is 0.154. The Hall–Kier alpha value is -2.97. The summed E-state index contributed by atoms with van der Waals surface area (Å²) in [5.74, 6) is -2.28. The first-order valence-electron chi connectivity index (χ1n) is 8.95. The van der Waals surface area contributed by atoms with Gasteiger partial charge in [-0.25, -0.2) is 13.6 Å². The van der Waals surface area contributed by atoms with Crippen molar-refractivity contribution in [1.82, 2.24) is 20.0 Å². The van der Waals surface area contributed by atoms with E-state index in [4.69, 9.17) is 0 Å². The van der Waals surface area contributed by atoms with Crippen LogP contribution in [0.5, 0.6) is 0 Å². The number of halogens is 2. The standard InChI is InChI=1S/C19H23F2N5O2/c1-11-9-26-16(13(8-22-26)17(27)24-19(2,3)4)10-25(11)18(28)23-12-5-6-14(20)15(21)7-12/h5-8,11H,9-10H2,1-4H3,(H,23,28)(H,24,27)/t11-/m0/s1. The molecule has 1 atom stereocenters. The number of aromatic nitrogens is 2. The third kappa shape index (κ3) is 4.13. The molecule has 1 aromatic carbocycles. The van der Waals surface area contributed by atoms with Crippen LogP contribution in [0, 0.1) is 11.6 Å². The molecule has 0 aliphatic carbocycles. The second-order valence-electron chi connectivity index (χ2n) is 7.93. The molecule has 7 nitrogen and oxygen atoms in total. The number of anilines is 1. The summed E-state index contributed by atoms with van der Waals surface area (Å²) in [7, 11) is 0. The number of rotatable bonds is 2. The van der Waals surface area contributed by atoms with Gasteiger partial charge < -0.3 is 15.5 Å². The highest BCUT2D eigenvalue weighted by atomic mass is 19.2. The molecule has 9 heteroatoms. The highest BCUT2D eigenvalue weighted by molar-refractivity contribution is 5.96. The molecule has 150 valence electrons. The van der Waals surface area contributed by atoms with E-state index in [0.29, 0.717) is 17.8 Å². The molecule has 0 fully saturated rings. The molecule has 2 N–H and O–H groups in total. The van der Waals surface area contributed by atoms with Gasteiger partial charge in [-0.2, -0.15) is 5.10 Å². The summed E-state index contributed by atoms with van der Waals surface area (Å²) in [4.78, 5) is 26.8. The van der Waals surface area contributed by atoms with E-state index in [2.05, 4.69) is 15.7 Å². The van der Waals surface area contributed by atoms with E-state index in [1.165, 1.54) is 17.2 Å². The van der Waals surface area contributed by atoms with E-state index in [1.807, 2.05) is 27.7 Å². The van der Waals surface area contributed by atoms with Crippen molar-refractivity contribution in [2.45, 2.75) is 52.4 Å². The molecular formula is C19H23F2N5O2. The Bertz CT molecular complexity index is 920. The van der Waals surface area contributed by atoms with Crippen molar-refractivity contribution in [3.05, 3.63) is 47.3 Å². The average Bonchev–Trinajstić information content (AvgIpc) is 2.98. The number of fused-ring (bicyclic) bond motifs is 1. The molecule has 0 spiro atoms. The Morgan fingerprint density at radius 2 is 1.93 bits per heavy atom. The van der Waals surface area contributed by atoms with Crippen molar-refractivity contribution in [2.24, 2.45) is 0 Å². The molecular weight excluding hydrogens is 368 g/mol. The highest BCUT2D eigenvalue weighted by Gasteiger charge is 2.31. The van der Waals surface area contributed by atoms with Crippen molar-refractivity contribution in [3.63, 3.8) is 0 Å². The van der Waals surface area contributed by atoms with Crippen LogP contribution in [0.25, 0.3) is 0 Å². The summed E-state index contributed by atoms with van der Waals surface area (Å²) in [5.41, 5.74) is 0.783. The first-order valence-corrected chi connectivity index (χ1v) is 8.95. The lowest BCUT2D eigenvalue weighted by molar-refractivity contribution is 0.0914. The number of carbonyl (C=O) groups is 2. The fraction of sp³-hybridized carbons (Fsp3) is 0.421. The summed E-state index contributed by atoms with van der Waals surface area (Å²) in [6, 6.07) is 2.50. The first kappa shape index (κ1) is 19.8. The molecule has 3 amide bonds. The number of amides is 3. The SMILES string of the molecule is C[C@H]1Cn2ncc(C(=O)NC(C)(C)C)c2CN1C(=O)Nc1ccc(F)c(F)c1. The van der Waals surface area contributed by atoms with Crippen molar-refractivity contribution >= 4 is 17.6 Å². The first-order chi connectivity index (χ1) is 13.0. The Morgan fingerprint density at radius 3 is 2.57 bits per heavy atom. The van der Waals surface area contributed by atoms with Crippen LogP contribution >= 0.6 is 0 Å². The Balaban J connectivity index is 1.79. The second kappa shape index (κ2) is 7.21. The maximum Gasteiger partial charge on any atom is 0.322 e. The number of benzene rings is 1. The molecule has 28 heavy (non-hydrogen) atoms. The zero-order chi connectivity index (χ0) is 20.6. The van der Waals surface area contributed by atoms with Gasteiger partial charge in [0.2, 0.25) is 0 Å². The number of urea groups is 1. The van der Waals surface area contributed by atoms with Crippen LogP contribution in [-0.4, -0.2) is 38.2 Å². The minimum atomic E-state index is -1.04.